The molecule has 1 amide bonds. The molecule has 172 valence electrons. The molecule has 1 unspecified atom stereocenters. The number of carbonyl (C=O) groups is 2. The second-order valence-corrected chi connectivity index (χ2v) is 14.3. The molecule has 6 nitrogen and oxygen atoms in total. The molecule has 1 heterocycles. The average Bonchev–Trinajstić information content (AvgIpc) is 3.12. The molecule has 1 saturated heterocycles. The van der Waals surface area contributed by atoms with E-state index in [2.05, 4.69) is 40.4 Å². The Labute approximate surface area is 187 Å². The van der Waals surface area contributed by atoms with Gasteiger partial charge < -0.3 is 18.8 Å². The summed E-state index contributed by atoms with van der Waals surface area (Å²) in [6, 6.07) is 9.09. The predicted octanol–water partition coefficient (Wildman–Crippen LogP) is 5.15. The quantitative estimate of drug-likeness (QED) is 0.313. The maximum absolute atomic E-state index is 13.0. The van der Waals surface area contributed by atoms with E-state index in [-0.39, 0.29) is 23.7 Å². The fourth-order valence-electron chi connectivity index (χ4n) is 3.67. The Kier molecular flexibility index (Phi) is 8.48. The van der Waals surface area contributed by atoms with Gasteiger partial charge >= 0.3 is 12.1 Å². The molecule has 0 radical (unpaired) electrons. The van der Waals surface area contributed by atoms with Crippen molar-refractivity contribution in [1.29, 1.82) is 0 Å². The van der Waals surface area contributed by atoms with Crippen LogP contribution in [0.15, 0.2) is 43.0 Å². The number of rotatable bonds is 8. The first-order valence-electron chi connectivity index (χ1n) is 10.9. The molecule has 1 aromatic carbocycles. The smallest absolute Gasteiger partial charge is 0.410 e. The lowest BCUT2D eigenvalue weighted by Crippen LogP contribution is -2.52. The van der Waals surface area contributed by atoms with E-state index in [1.807, 2.05) is 30.3 Å². The topological polar surface area (TPSA) is 65.1 Å². The Morgan fingerprint density at radius 1 is 1.26 bits per heavy atom. The van der Waals surface area contributed by atoms with Crippen molar-refractivity contribution < 1.29 is 23.5 Å². The van der Waals surface area contributed by atoms with E-state index in [0.717, 1.165) is 5.56 Å². The minimum Gasteiger partial charge on any atom is -0.469 e. The average molecular weight is 448 g/mol. The molecule has 1 aromatic rings. The Morgan fingerprint density at radius 3 is 2.45 bits per heavy atom. The van der Waals surface area contributed by atoms with Gasteiger partial charge in [-0.25, -0.2) is 4.79 Å². The van der Waals surface area contributed by atoms with Gasteiger partial charge in [0.1, 0.15) is 6.61 Å². The monoisotopic (exact) mass is 447 g/mol. The van der Waals surface area contributed by atoms with Gasteiger partial charge in [0.15, 0.2) is 8.32 Å². The maximum atomic E-state index is 13.0. The molecule has 31 heavy (non-hydrogen) atoms. The van der Waals surface area contributed by atoms with Crippen LogP contribution in [0.1, 0.15) is 39.2 Å². The van der Waals surface area contributed by atoms with Crippen LogP contribution in [0.5, 0.6) is 0 Å². The first-order valence-corrected chi connectivity index (χ1v) is 13.8. The summed E-state index contributed by atoms with van der Waals surface area (Å²) in [6.07, 6.45) is 2.05. The van der Waals surface area contributed by atoms with Gasteiger partial charge in [0, 0.05) is 6.54 Å². The number of ether oxygens (including phenoxy) is 2. The Balaban J connectivity index is 2.27. The summed E-state index contributed by atoms with van der Waals surface area (Å²) in [6.45, 7) is 15.3. The fourth-order valence-corrected chi connectivity index (χ4v) is 5.04. The van der Waals surface area contributed by atoms with Crippen molar-refractivity contribution in [2.75, 3.05) is 13.7 Å². The van der Waals surface area contributed by atoms with E-state index < -0.39 is 26.4 Å². The molecule has 2 rings (SSSR count). The number of likely N-dealkylation sites (tertiary alicyclic amines) is 1. The molecular formula is C24H37NO5Si. The number of amides is 1. The predicted molar refractivity (Wildman–Crippen MR) is 124 cm³/mol. The molecule has 0 aliphatic carbocycles. The summed E-state index contributed by atoms with van der Waals surface area (Å²) in [5, 5.41) is 0.0119. The highest BCUT2D eigenvalue weighted by Crippen LogP contribution is 2.41. The number of hydrogen-bond donors (Lipinski definition) is 0. The van der Waals surface area contributed by atoms with Crippen LogP contribution in [0.2, 0.25) is 18.1 Å². The number of allylic oxidation sites excluding steroid dienone is 1. The minimum atomic E-state index is -2.12. The number of benzene rings is 1. The highest BCUT2D eigenvalue weighted by Gasteiger charge is 2.49. The number of methoxy groups -OCH3 is 1. The van der Waals surface area contributed by atoms with Crippen LogP contribution in [0, 0.1) is 5.92 Å². The zero-order valence-electron chi connectivity index (χ0n) is 19.7. The number of esters is 1. The van der Waals surface area contributed by atoms with Crippen molar-refractivity contribution in [2.45, 2.75) is 70.5 Å². The van der Waals surface area contributed by atoms with Crippen molar-refractivity contribution >= 4 is 20.4 Å². The van der Waals surface area contributed by atoms with Gasteiger partial charge in [-0.2, -0.15) is 0 Å². The van der Waals surface area contributed by atoms with Crippen LogP contribution in [-0.4, -0.2) is 51.1 Å². The largest absolute Gasteiger partial charge is 0.469 e. The highest BCUT2D eigenvalue weighted by molar-refractivity contribution is 6.74. The van der Waals surface area contributed by atoms with Gasteiger partial charge in [0.25, 0.3) is 0 Å². The zero-order valence-corrected chi connectivity index (χ0v) is 20.7. The third-order valence-corrected chi connectivity index (χ3v) is 10.9. The van der Waals surface area contributed by atoms with Gasteiger partial charge in [0.05, 0.1) is 25.2 Å². The summed E-state index contributed by atoms with van der Waals surface area (Å²) in [5.74, 6) is -0.916. The van der Waals surface area contributed by atoms with Crippen molar-refractivity contribution in [1.82, 2.24) is 4.90 Å². The van der Waals surface area contributed by atoms with Gasteiger partial charge in [-0.15, -0.1) is 6.58 Å². The number of carbonyl (C=O) groups excluding carboxylic acids is 2. The van der Waals surface area contributed by atoms with Crippen molar-refractivity contribution in [3.8, 4) is 0 Å². The molecule has 0 bridgehead atoms. The summed E-state index contributed by atoms with van der Waals surface area (Å²) >= 11 is 0. The number of hydrogen-bond acceptors (Lipinski definition) is 5. The fraction of sp³-hybridized carbons (Fsp3) is 0.583. The first kappa shape index (κ1) is 25.1. The maximum Gasteiger partial charge on any atom is 0.410 e. The Morgan fingerprint density at radius 2 is 1.90 bits per heavy atom. The lowest BCUT2D eigenvalue weighted by molar-refractivity contribution is -0.148. The Bertz CT molecular complexity index is 759. The highest BCUT2D eigenvalue weighted by atomic mass is 28.4. The van der Waals surface area contributed by atoms with E-state index in [1.165, 1.54) is 7.11 Å². The van der Waals surface area contributed by atoms with E-state index in [9.17, 15) is 9.59 Å². The number of nitrogens with zero attached hydrogens (tertiary/aromatic N) is 1. The summed E-state index contributed by atoms with van der Waals surface area (Å²) < 4.78 is 17.4. The minimum absolute atomic E-state index is 0.0119. The second-order valence-electron chi connectivity index (χ2n) is 9.58. The molecule has 1 aliphatic rings. The van der Waals surface area contributed by atoms with Crippen LogP contribution in [0.3, 0.4) is 0 Å². The SMILES string of the molecule is C=CCC(C(=O)OC)[C@@H]1[C@@H](O[Si](C)(C)C(C)(C)C)CCN1C(=O)OCc1ccccc1. The summed E-state index contributed by atoms with van der Waals surface area (Å²) in [4.78, 5) is 27.3. The molecule has 0 N–H and O–H groups in total. The van der Waals surface area contributed by atoms with E-state index >= 15 is 0 Å². The van der Waals surface area contributed by atoms with Crippen molar-refractivity contribution in [3.63, 3.8) is 0 Å². The third kappa shape index (κ3) is 6.20. The standard InChI is InChI=1S/C24H37NO5Si/c1-8-12-19(22(26)28-5)21-20(30-31(6,7)24(2,3)4)15-16-25(21)23(27)29-17-18-13-10-9-11-14-18/h8-11,13-14,19-21H,1,12,15-17H2,2-7H3/t19?,20-,21+/m0/s1. The zero-order chi connectivity index (χ0) is 23.2. The van der Waals surface area contributed by atoms with Gasteiger partial charge in [-0.1, -0.05) is 57.2 Å². The van der Waals surface area contributed by atoms with Crippen LogP contribution < -0.4 is 0 Å². The molecule has 1 fully saturated rings. The summed E-state index contributed by atoms with van der Waals surface area (Å²) in [5.41, 5.74) is 0.913. The van der Waals surface area contributed by atoms with Crippen LogP contribution in [0.25, 0.3) is 0 Å². The van der Waals surface area contributed by atoms with Gasteiger partial charge in [-0.05, 0) is 36.5 Å². The molecule has 3 atom stereocenters. The van der Waals surface area contributed by atoms with E-state index in [0.29, 0.717) is 19.4 Å². The summed E-state index contributed by atoms with van der Waals surface area (Å²) in [7, 11) is -0.748. The van der Waals surface area contributed by atoms with Crippen LogP contribution in [0.4, 0.5) is 4.79 Å². The molecule has 7 heteroatoms. The molecule has 0 saturated carbocycles. The van der Waals surface area contributed by atoms with E-state index in [4.69, 9.17) is 13.9 Å². The molecule has 0 spiro atoms. The second kappa shape index (κ2) is 10.5. The normalized spacial score (nSPS) is 20.3. The van der Waals surface area contributed by atoms with Crippen molar-refractivity contribution in [2.24, 2.45) is 5.92 Å². The van der Waals surface area contributed by atoms with Gasteiger partial charge in [-0.3, -0.25) is 4.79 Å². The molecular weight excluding hydrogens is 410 g/mol. The van der Waals surface area contributed by atoms with Crippen LogP contribution >= 0.6 is 0 Å². The molecule has 0 aromatic heterocycles. The third-order valence-electron chi connectivity index (χ3n) is 6.42. The van der Waals surface area contributed by atoms with Crippen LogP contribution in [-0.2, 0) is 25.3 Å². The van der Waals surface area contributed by atoms with E-state index in [1.54, 1.807) is 11.0 Å². The van der Waals surface area contributed by atoms with Crippen molar-refractivity contribution in [3.05, 3.63) is 48.6 Å². The first-order chi connectivity index (χ1) is 14.5. The van der Waals surface area contributed by atoms with Gasteiger partial charge in [0.2, 0.25) is 0 Å². The lowest BCUT2D eigenvalue weighted by Gasteiger charge is -2.41. The molecule has 1 aliphatic heterocycles. The Hall–Kier alpha value is -2.12. The lowest BCUT2D eigenvalue weighted by atomic mass is 9.92.